The molecule has 9 nitrogen and oxygen atoms in total. The van der Waals surface area contributed by atoms with Crippen molar-refractivity contribution in [2.75, 3.05) is 40.0 Å². The minimum atomic E-state index is -0.363. The van der Waals surface area contributed by atoms with Crippen LogP contribution in [0.2, 0.25) is 0 Å². The van der Waals surface area contributed by atoms with Gasteiger partial charge in [-0.3, -0.25) is 15.0 Å². The highest BCUT2D eigenvalue weighted by molar-refractivity contribution is 5.99. The summed E-state index contributed by atoms with van der Waals surface area (Å²) in [5.74, 6) is 1.56. The van der Waals surface area contributed by atoms with E-state index in [2.05, 4.69) is 37.6 Å². The summed E-state index contributed by atoms with van der Waals surface area (Å²) in [6.45, 7) is 4.55. The van der Waals surface area contributed by atoms with Crippen LogP contribution in [0.25, 0.3) is 39.0 Å². The van der Waals surface area contributed by atoms with Gasteiger partial charge < -0.3 is 14.0 Å². The van der Waals surface area contributed by atoms with E-state index in [0.717, 1.165) is 96.1 Å². The number of morpholine rings is 1. The van der Waals surface area contributed by atoms with E-state index in [1.807, 2.05) is 42.6 Å². The second-order valence-corrected chi connectivity index (χ2v) is 10.1. The molecule has 208 valence electrons. The second kappa shape index (κ2) is 11.9. The van der Waals surface area contributed by atoms with Gasteiger partial charge in [0.25, 0.3) is 5.69 Å². The molecule has 0 amide bonds. The van der Waals surface area contributed by atoms with E-state index in [9.17, 15) is 10.1 Å². The van der Waals surface area contributed by atoms with Crippen LogP contribution in [0.4, 0.5) is 5.69 Å². The van der Waals surface area contributed by atoms with Gasteiger partial charge in [0.1, 0.15) is 17.9 Å². The SMILES string of the molecule is COc1ccc(-c2ccc3c(-c4cccc([N+](=O)[O-])c4)cn(-c4cc(CCCN5CCOCC5)ncn4)c3c2)cc1. The number of hydrogen-bond acceptors (Lipinski definition) is 7. The van der Waals surface area contributed by atoms with E-state index < -0.39 is 0 Å². The molecule has 9 heteroatoms. The van der Waals surface area contributed by atoms with Crippen molar-refractivity contribution in [3.63, 3.8) is 0 Å². The molecule has 41 heavy (non-hydrogen) atoms. The highest BCUT2D eigenvalue weighted by Gasteiger charge is 2.17. The monoisotopic (exact) mass is 549 g/mol. The Morgan fingerprint density at radius 1 is 0.951 bits per heavy atom. The van der Waals surface area contributed by atoms with Crippen molar-refractivity contribution >= 4 is 16.6 Å². The van der Waals surface area contributed by atoms with E-state index in [1.165, 1.54) is 6.07 Å². The third kappa shape index (κ3) is 5.82. The van der Waals surface area contributed by atoms with Gasteiger partial charge in [0.2, 0.25) is 0 Å². The zero-order chi connectivity index (χ0) is 28.2. The van der Waals surface area contributed by atoms with Gasteiger partial charge >= 0.3 is 0 Å². The standard InChI is InChI=1S/C32H31N5O4/c1-40-28-10-7-23(8-11-28)24-9-12-29-30(25-4-2-6-27(18-25)37(38)39)21-36(31(29)19-24)32-20-26(33-22-34-32)5-3-13-35-14-16-41-17-15-35/h2,4,6-12,18-22H,3,5,13-17H2,1H3. The van der Waals surface area contributed by atoms with Gasteiger partial charge in [-0.25, -0.2) is 9.97 Å². The molecule has 0 N–H and O–H groups in total. The minimum Gasteiger partial charge on any atom is -0.497 e. The number of fused-ring (bicyclic) bond motifs is 1. The number of benzene rings is 3. The molecule has 3 aromatic carbocycles. The molecule has 0 bridgehead atoms. The first-order valence-corrected chi connectivity index (χ1v) is 13.7. The van der Waals surface area contributed by atoms with Crippen molar-refractivity contribution in [1.82, 2.24) is 19.4 Å². The molecule has 1 saturated heterocycles. The molecule has 1 aliphatic rings. The van der Waals surface area contributed by atoms with Gasteiger partial charge in [-0.15, -0.1) is 0 Å². The lowest BCUT2D eigenvalue weighted by Gasteiger charge is -2.26. The van der Waals surface area contributed by atoms with Crippen LogP contribution in [0, 0.1) is 10.1 Å². The fourth-order valence-corrected chi connectivity index (χ4v) is 5.36. The first-order valence-electron chi connectivity index (χ1n) is 13.7. The average molecular weight is 550 g/mol. The molecule has 1 aliphatic heterocycles. The molecular formula is C32H31N5O4. The fourth-order valence-electron chi connectivity index (χ4n) is 5.36. The first kappa shape index (κ1) is 26.6. The summed E-state index contributed by atoms with van der Waals surface area (Å²) in [5.41, 5.74) is 5.78. The lowest BCUT2D eigenvalue weighted by atomic mass is 10.0. The summed E-state index contributed by atoms with van der Waals surface area (Å²) in [4.78, 5) is 22.8. The zero-order valence-corrected chi connectivity index (χ0v) is 22.9. The number of nitro benzene ring substituents is 1. The number of nitrogens with zero attached hydrogens (tertiary/aromatic N) is 5. The Bertz CT molecular complexity index is 1680. The molecule has 3 heterocycles. The summed E-state index contributed by atoms with van der Waals surface area (Å²) in [7, 11) is 1.65. The van der Waals surface area contributed by atoms with Crippen LogP contribution >= 0.6 is 0 Å². The number of non-ortho nitro benzene ring substituents is 1. The van der Waals surface area contributed by atoms with E-state index in [4.69, 9.17) is 9.47 Å². The van der Waals surface area contributed by atoms with E-state index >= 15 is 0 Å². The molecule has 0 unspecified atom stereocenters. The van der Waals surface area contributed by atoms with Crippen molar-refractivity contribution in [2.24, 2.45) is 0 Å². The zero-order valence-electron chi connectivity index (χ0n) is 22.9. The average Bonchev–Trinajstić information content (AvgIpc) is 3.41. The lowest BCUT2D eigenvalue weighted by Crippen LogP contribution is -2.36. The topological polar surface area (TPSA) is 95.6 Å². The molecule has 1 fully saturated rings. The maximum atomic E-state index is 11.5. The van der Waals surface area contributed by atoms with Crippen LogP contribution in [-0.4, -0.2) is 64.3 Å². The highest BCUT2D eigenvalue weighted by atomic mass is 16.6. The molecule has 6 rings (SSSR count). The molecule has 0 atom stereocenters. The number of aromatic nitrogens is 3. The van der Waals surface area contributed by atoms with Crippen LogP contribution in [-0.2, 0) is 11.2 Å². The molecule has 5 aromatic rings. The molecular weight excluding hydrogens is 518 g/mol. The number of methoxy groups -OCH3 is 1. The van der Waals surface area contributed by atoms with Crippen LogP contribution in [0.15, 0.2) is 85.3 Å². The lowest BCUT2D eigenvalue weighted by molar-refractivity contribution is -0.384. The second-order valence-electron chi connectivity index (χ2n) is 10.1. The Hall–Kier alpha value is -4.60. The maximum absolute atomic E-state index is 11.5. The normalized spacial score (nSPS) is 13.9. The van der Waals surface area contributed by atoms with Crippen molar-refractivity contribution in [3.8, 4) is 33.8 Å². The van der Waals surface area contributed by atoms with Gasteiger partial charge in [0.15, 0.2) is 0 Å². The molecule has 2 aromatic heterocycles. The van der Waals surface area contributed by atoms with Crippen molar-refractivity contribution in [3.05, 3.63) is 101 Å². The highest BCUT2D eigenvalue weighted by Crippen LogP contribution is 2.36. The predicted octanol–water partition coefficient (Wildman–Crippen LogP) is 5.94. The van der Waals surface area contributed by atoms with E-state index in [0.29, 0.717) is 0 Å². The molecule has 0 aliphatic carbocycles. The summed E-state index contributed by atoms with van der Waals surface area (Å²) in [6, 6.07) is 23.0. The Morgan fingerprint density at radius 3 is 2.54 bits per heavy atom. The van der Waals surface area contributed by atoms with Gasteiger partial charge in [-0.2, -0.15) is 0 Å². The largest absolute Gasteiger partial charge is 0.497 e. The number of aryl methyl sites for hydroxylation is 1. The predicted molar refractivity (Wildman–Crippen MR) is 159 cm³/mol. The van der Waals surface area contributed by atoms with Crippen LogP contribution < -0.4 is 4.74 Å². The fraction of sp³-hybridized carbons (Fsp3) is 0.250. The first-order chi connectivity index (χ1) is 20.1. The smallest absolute Gasteiger partial charge is 0.270 e. The molecule has 0 spiro atoms. The van der Waals surface area contributed by atoms with Gasteiger partial charge in [0.05, 0.1) is 30.8 Å². The minimum absolute atomic E-state index is 0.0582. The van der Waals surface area contributed by atoms with Crippen LogP contribution in [0.5, 0.6) is 5.75 Å². The Kier molecular flexibility index (Phi) is 7.71. The quantitative estimate of drug-likeness (QED) is 0.166. The third-order valence-electron chi connectivity index (χ3n) is 7.56. The van der Waals surface area contributed by atoms with Crippen molar-refractivity contribution in [1.29, 1.82) is 0 Å². The number of rotatable bonds is 9. The number of ether oxygens (including phenoxy) is 2. The van der Waals surface area contributed by atoms with Crippen LogP contribution in [0.1, 0.15) is 12.1 Å². The summed E-state index contributed by atoms with van der Waals surface area (Å²) < 4.78 is 12.8. The van der Waals surface area contributed by atoms with Gasteiger partial charge in [-0.05, 0) is 54.3 Å². The molecule has 0 saturated carbocycles. The van der Waals surface area contributed by atoms with E-state index in [1.54, 1.807) is 25.6 Å². The Morgan fingerprint density at radius 2 is 1.76 bits per heavy atom. The summed E-state index contributed by atoms with van der Waals surface area (Å²) in [6.07, 6.45) is 5.48. The van der Waals surface area contributed by atoms with Crippen LogP contribution in [0.3, 0.4) is 0 Å². The summed E-state index contributed by atoms with van der Waals surface area (Å²) in [5, 5.41) is 12.5. The molecule has 0 radical (unpaired) electrons. The van der Waals surface area contributed by atoms with Crippen molar-refractivity contribution in [2.45, 2.75) is 12.8 Å². The van der Waals surface area contributed by atoms with Crippen molar-refractivity contribution < 1.29 is 14.4 Å². The number of hydrogen-bond donors (Lipinski definition) is 0. The Labute approximate surface area is 238 Å². The maximum Gasteiger partial charge on any atom is 0.270 e. The van der Waals surface area contributed by atoms with Gasteiger partial charge in [-0.1, -0.05) is 36.4 Å². The summed E-state index contributed by atoms with van der Waals surface area (Å²) >= 11 is 0. The van der Waals surface area contributed by atoms with E-state index in [-0.39, 0.29) is 10.6 Å². The van der Waals surface area contributed by atoms with Gasteiger partial charge in [0, 0.05) is 54.1 Å². The Balaban J connectivity index is 1.39. The third-order valence-corrected chi connectivity index (χ3v) is 7.56. The number of nitro groups is 1.